The number of fused-ring (bicyclic) bond motifs is 1. The average molecular weight is 366 g/mol. The van der Waals surface area contributed by atoms with Crippen LogP contribution < -0.4 is 10.6 Å². The Morgan fingerprint density at radius 1 is 1.23 bits per heavy atom. The number of nitrogens with one attached hydrogen (secondary N) is 2. The van der Waals surface area contributed by atoms with Crippen molar-refractivity contribution in [3.63, 3.8) is 0 Å². The van der Waals surface area contributed by atoms with E-state index in [2.05, 4.69) is 30.5 Å². The largest absolute Gasteiger partial charge is 0.340 e. The zero-order valence-electron chi connectivity index (χ0n) is 14.3. The van der Waals surface area contributed by atoms with E-state index in [0.29, 0.717) is 6.42 Å². The van der Waals surface area contributed by atoms with E-state index in [1.165, 1.54) is 6.33 Å². The van der Waals surface area contributed by atoms with Gasteiger partial charge in [-0.1, -0.05) is 11.8 Å². The number of benzene rings is 1. The van der Waals surface area contributed by atoms with Gasteiger partial charge in [-0.15, -0.1) is 0 Å². The summed E-state index contributed by atoms with van der Waals surface area (Å²) in [4.78, 5) is 27.1. The zero-order chi connectivity index (χ0) is 17.9. The highest BCUT2D eigenvalue weighted by atomic mass is 32.2. The third-order valence-corrected chi connectivity index (χ3v) is 4.99. The first-order valence-corrected chi connectivity index (χ1v) is 9.18. The van der Waals surface area contributed by atoms with Crippen molar-refractivity contribution in [3.8, 4) is 0 Å². The maximum absolute atomic E-state index is 12.3. The molecule has 0 unspecified atom stereocenters. The molecule has 0 atom stereocenters. The number of aryl methyl sites for hydroxylation is 1. The summed E-state index contributed by atoms with van der Waals surface area (Å²) in [5, 5.41) is 9.16. The third kappa shape index (κ3) is 3.70. The van der Waals surface area contributed by atoms with Crippen molar-refractivity contribution in [2.75, 3.05) is 23.7 Å². The molecule has 26 heavy (non-hydrogen) atoms. The minimum Gasteiger partial charge on any atom is -0.340 e. The highest BCUT2D eigenvalue weighted by Gasteiger charge is 2.27. The molecule has 2 aliphatic rings. The number of aliphatic imine (C=N–C) groups is 1. The van der Waals surface area contributed by atoms with Crippen LogP contribution >= 0.6 is 11.8 Å². The number of amides is 1. The Kier molecular flexibility index (Phi) is 4.57. The molecule has 4 rings (SSSR count). The SMILES string of the molecule is Cc1cc(Nc2ccc(NC(=O)CC3=CSC4=NCCN34)cc2)ncn1. The van der Waals surface area contributed by atoms with Crippen LogP contribution in [0.2, 0.25) is 0 Å². The summed E-state index contributed by atoms with van der Waals surface area (Å²) < 4.78 is 0. The molecule has 2 N–H and O–H groups in total. The van der Waals surface area contributed by atoms with Crippen LogP contribution in [0.4, 0.5) is 17.2 Å². The fourth-order valence-corrected chi connectivity index (χ4v) is 3.75. The average Bonchev–Trinajstić information content (AvgIpc) is 3.22. The molecule has 8 heteroatoms. The first-order chi connectivity index (χ1) is 12.7. The standard InChI is InChI=1S/C18H18N6OS/c1-12-8-16(21-11-20-12)22-13-2-4-14(5-3-13)23-17(25)9-15-10-26-18-19-6-7-24(15)18/h2-5,8,10-11H,6-7,9H2,1H3,(H,23,25)(H,20,21,22). The van der Waals surface area contributed by atoms with Gasteiger partial charge in [0.1, 0.15) is 12.1 Å². The van der Waals surface area contributed by atoms with E-state index in [4.69, 9.17) is 0 Å². The number of thioether (sulfide) groups is 1. The lowest BCUT2D eigenvalue weighted by molar-refractivity contribution is -0.115. The van der Waals surface area contributed by atoms with Gasteiger partial charge in [-0.05, 0) is 36.6 Å². The van der Waals surface area contributed by atoms with Crippen molar-refractivity contribution >= 4 is 40.0 Å². The normalized spacial score (nSPS) is 15.3. The highest BCUT2D eigenvalue weighted by molar-refractivity contribution is 8.16. The van der Waals surface area contributed by atoms with Crippen LogP contribution in [0.5, 0.6) is 0 Å². The van der Waals surface area contributed by atoms with Crippen LogP contribution in [0, 0.1) is 6.92 Å². The summed E-state index contributed by atoms with van der Waals surface area (Å²) in [7, 11) is 0. The van der Waals surface area contributed by atoms with E-state index in [1.807, 2.05) is 42.7 Å². The van der Waals surface area contributed by atoms with Crippen LogP contribution in [0.1, 0.15) is 12.1 Å². The van der Waals surface area contributed by atoms with Crippen LogP contribution in [-0.4, -0.2) is 39.0 Å². The maximum atomic E-state index is 12.3. The predicted octanol–water partition coefficient (Wildman–Crippen LogP) is 3.12. The van der Waals surface area contributed by atoms with Crippen molar-refractivity contribution in [2.24, 2.45) is 4.99 Å². The third-order valence-electron chi connectivity index (χ3n) is 4.04. The number of hydrogen-bond acceptors (Lipinski definition) is 7. The molecular weight excluding hydrogens is 348 g/mol. The van der Waals surface area contributed by atoms with Gasteiger partial charge < -0.3 is 15.5 Å². The molecule has 0 spiro atoms. The monoisotopic (exact) mass is 366 g/mol. The van der Waals surface area contributed by atoms with Crippen LogP contribution in [-0.2, 0) is 4.79 Å². The van der Waals surface area contributed by atoms with E-state index in [-0.39, 0.29) is 5.91 Å². The molecule has 0 aliphatic carbocycles. The van der Waals surface area contributed by atoms with Gasteiger partial charge in [-0.2, -0.15) is 0 Å². The molecule has 0 radical (unpaired) electrons. The lowest BCUT2D eigenvalue weighted by Crippen LogP contribution is -2.24. The minimum atomic E-state index is -0.0304. The van der Waals surface area contributed by atoms with Gasteiger partial charge in [-0.3, -0.25) is 9.79 Å². The Morgan fingerprint density at radius 2 is 2.04 bits per heavy atom. The zero-order valence-corrected chi connectivity index (χ0v) is 15.1. The van der Waals surface area contributed by atoms with E-state index in [9.17, 15) is 4.79 Å². The molecule has 7 nitrogen and oxygen atoms in total. The van der Waals surface area contributed by atoms with Crippen molar-refractivity contribution in [2.45, 2.75) is 13.3 Å². The molecule has 3 heterocycles. The predicted molar refractivity (Wildman–Crippen MR) is 104 cm³/mol. The highest BCUT2D eigenvalue weighted by Crippen LogP contribution is 2.31. The first kappa shape index (κ1) is 16.6. The van der Waals surface area contributed by atoms with Gasteiger partial charge in [0.25, 0.3) is 0 Å². The topological polar surface area (TPSA) is 82.5 Å². The lowest BCUT2D eigenvalue weighted by atomic mass is 10.2. The van der Waals surface area contributed by atoms with Gasteiger partial charge in [0, 0.05) is 35.4 Å². The summed E-state index contributed by atoms with van der Waals surface area (Å²) in [5.41, 5.74) is 3.58. The Labute approximate surface area is 155 Å². The Bertz CT molecular complexity index is 893. The number of aromatic nitrogens is 2. The number of nitrogens with zero attached hydrogens (tertiary/aromatic N) is 4. The number of amidine groups is 1. The van der Waals surface area contributed by atoms with Crippen LogP contribution in [0.3, 0.4) is 0 Å². The second-order valence-corrected chi connectivity index (χ2v) is 6.85. The molecule has 1 amide bonds. The van der Waals surface area contributed by atoms with Crippen molar-refractivity contribution in [1.29, 1.82) is 0 Å². The van der Waals surface area contributed by atoms with Crippen molar-refractivity contribution in [3.05, 3.63) is 53.5 Å². The number of hydrogen-bond donors (Lipinski definition) is 2. The van der Waals surface area contributed by atoms with Crippen molar-refractivity contribution < 1.29 is 4.79 Å². The molecule has 0 fully saturated rings. The fraction of sp³-hybridized carbons (Fsp3) is 0.222. The molecule has 1 aromatic heterocycles. The van der Waals surface area contributed by atoms with Crippen LogP contribution in [0.15, 0.2) is 52.8 Å². The number of carbonyl (C=O) groups excluding carboxylic acids is 1. The summed E-state index contributed by atoms with van der Waals surface area (Å²) in [6, 6.07) is 9.43. The summed E-state index contributed by atoms with van der Waals surface area (Å²) in [5.74, 6) is 0.708. The quantitative estimate of drug-likeness (QED) is 0.846. The molecule has 1 aromatic carbocycles. The van der Waals surface area contributed by atoms with E-state index < -0.39 is 0 Å². The summed E-state index contributed by atoms with van der Waals surface area (Å²) in [6.45, 7) is 3.59. The van der Waals surface area contributed by atoms with Crippen LogP contribution in [0.25, 0.3) is 0 Å². The molecule has 2 aliphatic heterocycles. The molecule has 0 saturated carbocycles. The second-order valence-electron chi connectivity index (χ2n) is 6.01. The molecule has 0 saturated heterocycles. The van der Waals surface area contributed by atoms with Gasteiger partial charge in [0.05, 0.1) is 13.0 Å². The van der Waals surface area contributed by atoms with Gasteiger partial charge in [0.2, 0.25) is 5.91 Å². The minimum absolute atomic E-state index is 0.0304. The fourth-order valence-electron chi connectivity index (χ4n) is 2.79. The number of rotatable bonds is 5. The smallest absolute Gasteiger partial charge is 0.230 e. The number of anilines is 3. The summed E-state index contributed by atoms with van der Waals surface area (Å²) in [6.07, 6.45) is 1.88. The molecule has 0 bridgehead atoms. The molecule has 2 aromatic rings. The maximum Gasteiger partial charge on any atom is 0.230 e. The summed E-state index contributed by atoms with van der Waals surface area (Å²) >= 11 is 1.59. The molecule has 132 valence electrons. The Morgan fingerprint density at radius 3 is 2.85 bits per heavy atom. The van der Waals surface area contributed by atoms with Gasteiger partial charge in [0.15, 0.2) is 5.17 Å². The Hall–Kier alpha value is -2.87. The van der Waals surface area contributed by atoms with E-state index in [1.54, 1.807) is 11.8 Å². The van der Waals surface area contributed by atoms with E-state index in [0.717, 1.165) is 46.8 Å². The van der Waals surface area contributed by atoms with Gasteiger partial charge in [-0.25, -0.2) is 9.97 Å². The second kappa shape index (κ2) is 7.17. The Balaban J connectivity index is 1.34. The first-order valence-electron chi connectivity index (χ1n) is 8.31. The lowest BCUT2D eigenvalue weighted by Gasteiger charge is -2.16. The number of carbonyl (C=O) groups is 1. The molecular formula is C18H18N6OS. The van der Waals surface area contributed by atoms with Gasteiger partial charge >= 0.3 is 0 Å². The van der Waals surface area contributed by atoms with E-state index >= 15 is 0 Å². The van der Waals surface area contributed by atoms with Crippen molar-refractivity contribution in [1.82, 2.24) is 14.9 Å².